The molecule has 0 unspecified atom stereocenters. The molecule has 0 fully saturated rings. The molecule has 0 atom stereocenters. The van der Waals surface area contributed by atoms with Crippen LogP contribution in [-0.2, 0) is 4.74 Å². The van der Waals surface area contributed by atoms with Crippen molar-refractivity contribution in [2.24, 2.45) is 0 Å². The Morgan fingerprint density at radius 2 is 1.72 bits per heavy atom. The molecule has 3 aromatic rings. The first kappa shape index (κ1) is 20.0. The van der Waals surface area contributed by atoms with Gasteiger partial charge in [0.05, 0.1) is 11.9 Å². The van der Waals surface area contributed by atoms with Crippen molar-refractivity contribution in [3.63, 3.8) is 0 Å². The zero-order valence-corrected chi connectivity index (χ0v) is 16.5. The van der Waals surface area contributed by atoms with Crippen LogP contribution in [0.2, 0.25) is 0 Å². The third kappa shape index (κ3) is 4.95. The number of fused-ring (bicyclic) bond motifs is 1. The van der Waals surface area contributed by atoms with Crippen molar-refractivity contribution in [1.82, 2.24) is 20.3 Å². The number of anilines is 1. The van der Waals surface area contributed by atoms with Crippen molar-refractivity contribution in [2.75, 3.05) is 5.73 Å². The van der Waals surface area contributed by atoms with Gasteiger partial charge in [0.2, 0.25) is 0 Å². The van der Waals surface area contributed by atoms with Crippen LogP contribution in [0.1, 0.15) is 26.3 Å². The Kier molecular flexibility index (Phi) is 5.31. The molecule has 0 aliphatic rings. The number of rotatable bonds is 2. The predicted molar refractivity (Wildman–Crippen MR) is 107 cm³/mol. The summed E-state index contributed by atoms with van der Waals surface area (Å²) in [6.45, 7) is 6.83. The SMILES string of the molecule is Cc1c(OC(=O)NC(=O)OC(C)(C)C)cncc1-c1cc2cc(N)ncc2cn1. The van der Waals surface area contributed by atoms with Crippen molar-refractivity contribution in [1.29, 1.82) is 0 Å². The Bertz CT molecular complexity index is 1090. The van der Waals surface area contributed by atoms with Crippen molar-refractivity contribution < 1.29 is 19.1 Å². The van der Waals surface area contributed by atoms with Gasteiger partial charge in [0.25, 0.3) is 0 Å². The molecular weight excluding hydrogens is 374 g/mol. The zero-order valence-electron chi connectivity index (χ0n) is 16.5. The summed E-state index contributed by atoms with van der Waals surface area (Å²) in [5, 5.41) is 3.73. The molecule has 0 saturated heterocycles. The molecule has 3 N–H and O–H groups in total. The van der Waals surface area contributed by atoms with Gasteiger partial charge in [-0.1, -0.05) is 0 Å². The third-order valence-corrected chi connectivity index (χ3v) is 3.88. The van der Waals surface area contributed by atoms with Crippen molar-refractivity contribution in [3.8, 4) is 17.0 Å². The first-order valence-electron chi connectivity index (χ1n) is 8.80. The van der Waals surface area contributed by atoms with Crippen LogP contribution in [0.25, 0.3) is 22.0 Å². The van der Waals surface area contributed by atoms with Crippen LogP contribution in [-0.4, -0.2) is 32.7 Å². The van der Waals surface area contributed by atoms with E-state index in [1.165, 1.54) is 6.20 Å². The van der Waals surface area contributed by atoms with Crippen LogP contribution in [0, 0.1) is 6.92 Å². The number of nitrogen functional groups attached to an aromatic ring is 1. The topological polar surface area (TPSA) is 129 Å². The molecule has 3 heterocycles. The number of pyridine rings is 3. The molecule has 9 nitrogen and oxygen atoms in total. The number of aromatic nitrogens is 3. The number of amides is 2. The molecule has 3 rings (SSSR count). The number of carbonyl (C=O) groups is 2. The average molecular weight is 395 g/mol. The number of nitrogens with two attached hydrogens (primary N) is 1. The maximum Gasteiger partial charge on any atom is 0.422 e. The first-order chi connectivity index (χ1) is 13.6. The molecule has 0 bridgehead atoms. The van der Waals surface area contributed by atoms with E-state index in [1.54, 1.807) is 52.4 Å². The van der Waals surface area contributed by atoms with E-state index >= 15 is 0 Å². The summed E-state index contributed by atoms with van der Waals surface area (Å²) >= 11 is 0. The van der Waals surface area contributed by atoms with Gasteiger partial charge in [0.1, 0.15) is 11.4 Å². The Morgan fingerprint density at radius 1 is 1.00 bits per heavy atom. The Morgan fingerprint density at radius 3 is 2.45 bits per heavy atom. The Hall–Kier alpha value is -3.75. The highest BCUT2D eigenvalue weighted by molar-refractivity contribution is 5.89. The largest absolute Gasteiger partial charge is 0.443 e. The minimum absolute atomic E-state index is 0.194. The molecule has 0 aliphatic heterocycles. The van der Waals surface area contributed by atoms with E-state index in [0.717, 1.165) is 10.8 Å². The van der Waals surface area contributed by atoms with Gasteiger partial charge in [0.15, 0.2) is 5.75 Å². The molecule has 0 radical (unpaired) electrons. The highest BCUT2D eigenvalue weighted by Crippen LogP contribution is 2.29. The quantitative estimate of drug-likeness (QED) is 0.673. The monoisotopic (exact) mass is 395 g/mol. The van der Waals surface area contributed by atoms with E-state index in [9.17, 15) is 9.59 Å². The van der Waals surface area contributed by atoms with E-state index in [1.807, 2.05) is 11.4 Å². The fourth-order valence-electron chi connectivity index (χ4n) is 2.58. The maximum atomic E-state index is 12.0. The number of hydrogen-bond acceptors (Lipinski definition) is 8. The summed E-state index contributed by atoms with van der Waals surface area (Å²) in [7, 11) is 0. The molecular formula is C20H21N5O4. The van der Waals surface area contributed by atoms with E-state index in [2.05, 4.69) is 15.0 Å². The summed E-state index contributed by atoms with van der Waals surface area (Å²) < 4.78 is 10.3. The highest BCUT2D eigenvalue weighted by Gasteiger charge is 2.20. The minimum atomic E-state index is -0.966. The van der Waals surface area contributed by atoms with Crippen LogP contribution in [0.3, 0.4) is 0 Å². The third-order valence-electron chi connectivity index (χ3n) is 3.88. The van der Waals surface area contributed by atoms with Gasteiger partial charge in [-0.2, -0.15) is 0 Å². The smallest absolute Gasteiger partial charge is 0.422 e. The van der Waals surface area contributed by atoms with E-state index in [4.69, 9.17) is 15.2 Å². The number of alkyl carbamates (subject to hydrolysis) is 1. The van der Waals surface area contributed by atoms with Crippen molar-refractivity contribution in [3.05, 3.63) is 42.5 Å². The lowest BCUT2D eigenvalue weighted by Gasteiger charge is -2.19. The molecule has 29 heavy (non-hydrogen) atoms. The van der Waals surface area contributed by atoms with Gasteiger partial charge < -0.3 is 15.2 Å². The standard InChI is InChI=1S/C20H21N5O4/c1-11-14(15-5-12-6-17(21)24-8-13(12)7-23-15)9-22-10-16(11)28-18(26)25-19(27)29-20(2,3)4/h5-10H,1-4H3,(H2,21,24)(H,25,26,27). The normalized spacial score (nSPS) is 11.2. The molecule has 0 saturated carbocycles. The second kappa shape index (κ2) is 7.70. The second-order valence-electron chi connectivity index (χ2n) is 7.35. The summed E-state index contributed by atoms with van der Waals surface area (Å²) in [6.07, 6.45) is 4.47. The lowest BCUT2D eigenvalue weighted by molar-refractivity contribution is 0.0533. The van der Waals surface area contributed by atoms with Crippen LogP contribution >= 0.6 is 0 Å². The van der Waals surface area contributed by atoms with E-state index in [0.29, 0.717) is 22.6 Å². The molecule has 3 aromatic heterocycles. The van der Waals surface area contributed by atoms with Crippen LogP contribution in [0.5, 0.6) is 5.75 Å². The van der Waals surface area contributed by atoms with Gasteiger partial charge in [-0.15, -0.1) is 0 Å². The number of nitrogens with zero attached hydrogens (tertiary/aromatic N) is 3. The lowest BCUT2D eigenvalue weighted by Crippen LogP contribution is -2.37. The Balaban J connectivity index is 1.83. The van der Waals surface area contributed by atoms with Crippen LogP contribution in [0.4, 0.5) is 15.4 Å². The van der Waals surface area contributed by atoms with Crippen molar-refractivity contribution >= 4 is 28.8 Å². The zero-order chi connectivity index (χ0) is 21.2. The number of hydrogen-bond donors (Lipinski definition) is 2. The van der Waals surface area contributed by atoms with Gasteiger partial charge >= 0.3 is 12.2 Å². The highest BCUT2D eigenvalue weighted by atomic mass is 16.6. The van der Waals surface area contributed by atoms with Crippen LogP contribution < -0.4 is 15.8 Å². The number of nitrogens with one attached hydrogen (secondary N) is 1. The summed E-state index contributed by atoms with van der Waals surface area (Å²) in [5.41, 5.74) is 6.95. The molecule has 0 aliphatic carbocycles. The van der Waals surface area contributed by atoms with E-state index in [-0.39, 0.29) is 5.75 Å². The van der Waals surface area contributed by atoms with Gasteiger partial charge in [0, 0.05) is 35.1 Å². The summed E-state index contributed by atoms with van der Waals surface area (Å²) in [6, 6.07) is 3.60. The summed E-state index contributed by atoms with van der Waals surface area (Å²) in [4.78, 5) is 36.3. The lowest BCUT2D eigenvalue weighted by atomic mass is 10.1. The summed E-state index contributed by atoms with van der Waals surface area (Å²) in [5.74, 6) is 0.597. The Labute approximate surface area is 167 Å². The van der Waals surface area contributed by atoms with Gasteiger partial charge in [-0.05, 0) is 45.2 Å². The predicted octanol–water partition coefficient (Wildman–Crippen LogP) is 3.61. The number of carbonyl (C=O) groups excluding carboxylic acids is 2. The van der Waals surface area contributed by atoms with Crippen molar-refractivity contribution in [2.45, 2.75) is 33.3 Å². The fraction of sp³-hybridized carbons (Fsp3) is 0.250. The molecule has 0 aromatic carbocycles. The van der Waals surface area contributed by atoms with Crippen LogP contribution in [0.15, 0.2) is 36.9 Å². The average Bonchev–Trinajstić information content (AvgIpc) is 2.61. The van der Waals surface area contributed by atoms with Gasteiger partial charge in [-0.3, -0.25) is 9.97 Å². The van der Waals surface area contributed by atoms with Gasteiger partial charge in [-0.25, -0.2) is 19.9 Å². The first-order valence-corrected chi connectivity index (χ1v) is 8.80. The fourth-order valence-corrected chi connectivity index (χ4v) is 2.58. The van der Waals surface area contributed by atoms with E-state index < -0.39 is 17.8 Å². The molecule has 2 amide bonds. The molecule has 0 spiro atoms. The molecule has 150 valence electrons. The minimum Gasteiger partial charge on any atom is -0.443 e. The number of ether oxygens (including phenoxy) is 2. The molecule has 9 heteroatoms. The number of imide groups is 1. The maximum absolute atomic E-state index is 12.0. The second-order valence-corrected chi connectivity index (χ2v) is 7.35.